The third-order valence-corrected chi connectivity index (χ3v) is 7.59. The maximum atomic E-state index is 12.7. The van der Waals surface area contributed by atoms with Gasteiger partial charge in [-0.3, -0.25) is 4.79 Å². The predicted octanol–water partition coefficient (Wildman–Crippen LogP) is 2.75. The Balaban J connectivity index is 1.69. The molecule has 1 aromatic carbocycles. The van der Waals surface area contributed by atoms with Crippen molar-refractivity contribution in [1.29, 1.82) is 0 Å². The summed E-state index contributed by atoms with van der Waals surface area (Å²) in [5.41, 5.74) is 0.315. The number of hydrogen-bond acceptors (Lipinski definition) is 4. The predicted molar refractivity (Wildman–Crippen MR) is 104 cm³/mol. The van der Waals surface area contributed by atoms with Gasteiger partial charge in [-0.25, -0.2) is 0 Å². The lowest BCUT2D eigenvalue weighted by atomic mass is 9.67. The molecule has 2 fully saturated rings. The first-order valence-corrected chi connectivity index (χ1v) is 10.4. The highest BCUT2D eigenvalue weighted by Gasteiger charge is 2.57. The van der Waals surface area contributed by atoms with Gasteiger partial charge in [0.1, 0.15) is 4.75 Å². The molecule has 1 aromatic rings. The van der Waals surface area contributed by atoms with Crippen molar-refractivity contribution < 1.29 is 14.1 Å². The SMILES string of the molecule is CC(C)(C)[S+]([O-])N[C@@]1(C)COCC12CCN(C(=O)c1ccccc1)CC2. The van der Waals surface area contributed by atoms with E-state index in [4.69, 9.17) is 4.74 Å². The van der Waals surface area contributed by atoms with E-state index in [1.165, 1.54) is 0 Å². The lowest BCUT2D eigenvalue weighted by Gasteiger charge is -2.47. The summed E-state index contributed by atoms with van der Waals surface area (Å²) in [5, 5.41) is 0. The van der Waals surface area contributed by atoms with Crippen molar-refractivity contribution >= 4 is 17.3 Å². The highest BCUT2D eigenvalue weighted by atomic mass is 32.2. The van der Waals surface area contributed by atoms with Crippen molar-refractivity contribution in [3.05, 3.63) is 35.9 Å². The summed E-state index contributed by atoms with van der Waals surface area (Å²) in [7, 11) is 0. The van der Waals surface area contributed by atoms with E-state index in [1.807, 2.05) is 56.0 Å². The highest BCUT2D eigenvalue weighted by Crippen LogP contribution is 2.47. The molecule has 2 heterocycles. The number of nitrogens with one attached hydrogen (secondary N) is 1. The summed E-state index contributed by atoms with van der Waals surface area (Å²) in [6.07, 6.45) is 1.72. The fourth-order valence-corrected chi connectivity index (χ4v) is 4.85. The molecule has 1 unspecified atom stereocenters. The summed E-state index contributed by atoms with van der Waals surface area (Å²) >= 11 is -1.15. The number of ether oxygens (including phenoxy) is 1. The van der Waals surface area contributed by atoms with E-state index in [1.54, 1.807) is 0 Å². The molecule has 2 aliphatic rings. The Kier molecular flexibility index (Phi) is 5.41. The van der Waals surface area contributed by atoms with Gasteiger partial charge in [0, 0.05) is 35.4 Å². The molecule has 0 saturated carbocycles. The van der Waals surface area contributed by atoms with Crippen LogP contribution in [-0.4, -0.2) is 51.9 Å². The number of carbonyl (C=O) groups is 1. The third-order valence-electron chi connectivity index (χ3n) is 5.84. The maximum Gasteiger partial charge on any atom is 0.253 e. The molecule has 0 radical (unpaired) electrons. The molecule has 6 heteroatoms. The van der Waals surface area contributed by atoms with Gasteiger partial charge in [-0.1, -0.05) is 18.2 Å². The van der Waals surface area contributed by atoms with E-state index in [0.717, 1.165) is 18.4 Å². The zero-order valence-electron chi connectivity index (χ0n) is 16.2. The van der Waals surface area contributed by atoms with Crippen molar-refractivity contribution in [2.75, 3.05) is 26.3 Å². The number of piperidine rings is 1. The van der Waals surface area contributed by atoms with Crippen LogP contribution < -0.4 is 4.72 Å². The summed E-state index contributed by atoms with van der Waals surface area (Å²) < 4.78 is 21.6. The van der Waals surface area contributed by atoms with Crippen LogP contribution in [0.4, 0.5) is 0 Å². The fraction of sp³-hybridized carbons (Fsp3) is 0.650. The molecule has 1 N–H and O–H groups in total. The lowest BCUT2D eigenvalue weighted by Crippen LogP contribution is -2.63. The molecule has 2 aliphatic heterocycles. The van der Waals surface area contributed by atoms with Crippen LogP contribution in [0.3, 0.4) is 0 Å². The zero-order valence-corrected chi connectivity index (χ0v) is 17.0. The van der Waals surface area contributed by atoms with E-state index < -0.39 is 11.4 Å². The van der Waals surface area contributed by atoms with Crippen LogP contribution in [0.15, 0.2) is 30.3 Å². The molecular formula is C20H30N2O3S. The van der Waals surface area contributed by atoms with Crippen LogP contribution in [0.5, 0.6) is 0 Å². The van der Waals surface area contributed by atoms with Gasteiger partial charge in [0.05, 0.1) is 18.8 Å². The smallest absolute Gasteiger partial charge is 0.253 e. The van der Waals surface area contributed by atoms with Crippen LogP contribution in [-0.2, 0) is 16.1 Å². The largest absolute Gasteiger partial charge is 0.598 e. The van der Waals surface area contributed by atoms with E-state index in [9.17, 15) is 9.35 Å². The zero-order chi connectivity index (χ0) is 19.0. The Morgan fingerprint density at radius 2 is 1.81 bits per heavy atom. The van der Waals surface area contributed by atoms with Gasteiger partial charge in [-0.2, -0.15) is 0 Å². The molecule has 0 bridgehead atoms. The van der Waals surface area contributed by atoms with E-state index >= 15 is 0 Å². The van der Waals surface area contributed by atoms with Gasteiger partial charge in [0.2, 0.25) is 0 Å². The first kappa shape index (κ1) is 19.7. The Bertz CT molecular complexity index is 638. The molecule has 1 amide bonds. The third kappa shape index (κ3) is 3.65. The lowest BCUT2D eigenvalue weighted by molar-refractivity contribution is 0.0401. The topological polar surface area (TPSA) is 64.6 Å². The van der Waals surface area contributed by atoms with E-state index in [-0.39, 0.29) is 21.6 Å². The number of amides is 1. The Morgan fingerprint density at radius 1 is 1.19 bits per heavy atom. The average molecular weight is 379 g/mol. The molecule has 3 rings (SSSR count). The minimum absolute atomic E-state index is 0.0820. The quantitative estimate of drug-likeness (QED) is 0.822. The van der Waals surface area contributed by atoms with Crippen molar-refractivity contribution in [2.45, 2.75) is 50.8 Å². The second-order valence-electron chi connectivity index (χ2n) is 8.75. The average Bonchev–Trinajstić information content (AvgIpc) is 2.91. The van der Waals surface area contributed by atoms with Crippen LogP contribution in [0, 0.1) is 5.41 Å². The summed E-state index contributed by atoms with van der Waals surface area (Å²) in [4.78, 5) is 14.6. The maximum absolute atomic E-state index is 12.7. The van der Waals surface area contributed by atoms with Crippen LogP contribution in [0.2, 0.25) is 0 Å². The molecule has 0 aliphatic carbocycles. The normalized spacial score (nSPS) is 26.9. The molecule has 2 saturated heterocycles. The Labute approximate surface area is 159 Å². The Hall–Kier alpha value is -1.08. The number of carbonyl (C=O) groups excluding carboxylic acids is 1. The molecule has 26 heavy (non-hydrogen) atoms. The summed E-state index contributed by atoms with van der Waals surface area (Å²) in [6.45, 7) is 10.7. The van der Waals surface area contributed by atoms with Gasteiger partial charge >= 0.3 is 0 Å². The number of rotatable bonds is 3. The molecule has 1 spiro atoms. The molecule has 5 nitrogen and oxygen atoms in total. The van der Waals surface area contributed by atoms with Crippen molar-refractivity contribution in [3.8, 4) is 0 Å². The first-order valence-electron chi connectivity index (χ1n) is 9.29. The number of hydrogen-bond donors (Lipinski definition) is 1. The van der Waals surface area contributed by atoms with E-state index in [2.05, 4.69) is 11.6 Å². The van der Waals surface area contributed by atoms with Crippen molar-refractivity contribution in [3.63, 3.8) is 0 Å². The molecular weight excluding hydrogens is 348 g/mol. The van der Waals surface area contributed by atoms with Crippen molar-refractivity contribution in [2.24, 2.45) is 5.41 Å². The number of nitrogens with zero attached hydrogens (tertiary/aromatic N) is 1. The fourth-order valence-electron chi connectivity index (χ4n) is 3.86. The van der Waals surface area contributed by atoms with Crippen molar-refractivity contribution in [1.82, 2.24) is 9.62 Å². The second-order valence-corrected chi connectivity index (χ2v) is 10.7. The summed E-state index contributed by atoms with van der Waals surface area (Å²) in [5.74, 6) is 0.0901. The van der Waals surface area contributed by atoms with Gasteiger partial charge in [0.25, 0.3) is 5.91 Å². The number of likely N-dealkylation sites (tertiary alicyclic amines) is 1. The summed E-state index contributed by atoms with van der Waals surface area (Å²) in [6, 6.07) is 9.44. The molecule has 2 atom stereocenters. The van der Waals surface area contributed by atoms with Gasteiger partial charge in [-0.15, -0.1) is 4.72 Å². The molecule has 144 valence electrons. The van der Waals surface area contributed by atoms with E-state index in [0.29, 0.717) is 26.3 Å². The van der Waals surface area contributed by atoms with Crippen LogP contribution in [0.1, 0.15) is 50.9 Å². The molecule has 0 aromatic heterocycles. The van der Waals surface area contributed by atoms with Gasteiger partial charge in [0.15, 0.2) is 0 Å². The van der Waals surface area contributed by atoms with Crippen LogP contribution in [0.25, 0.3) is 0 Å². The minimum Gasteiger partial charge on any atom is -0.598 e. The minimum atomic E-state index is -1.15. The number of benzene rings is 1. The first-order chi connectivity index (χ1) is 12.2. The van der Waals surface area contributed by atoms with Gasteiger partial charge < -0.3 is 14.2 Å². The standard InChI is InChI=1S/C20H30N2O3S/c1-18(2,3)26(24)21-19(4)14-25-15-20(19)10-12-22(13-11-20)17(23)16-8-6-5-7-9-16/h5-9,21H,10-15H2,1-4H3/t19-,26?/m0/s1. The monoisotopic (exact) mass is 378 g/mol. The highest BCUT2D eigenvalue weighted by molar-refractivity contribution is 7.90. The second kappa shape index (κ2) is 7.15. The van der Waals surface area contributed by atoms with Gasteiger partial charge in [-0.05, 0) is 52.7 Å². The Morgan fingerprint density at radius 3 is 2.38 bits per heavy atom. The van der Waals surface area contributed by atoms with Crippen LogP contribution >= 0.6 is 0 Å².